The summed E-state index contributed by atoms with van der Waals surface area (Å²) in [5.74, 6) is -0.159. The molecule has 0 aliphatic carbocycles. The Morgan fingerprint density at radius 1 is 1.50 bits per heavy atom. The summed E-state index contributed by atoms with van der Waals surface area (Å²) < 4.78 is 0. The molecule has 6 heteroatoms. The van der Waals surface area contributed by atoms with Gasteiger partial charge in [-0.15, -0.1) is 0 Å². The highest BCUT2D eigenvalue weighted by Crippen LogP contribution is 2.29. The lowest BCUT2D eigenvalue weighted by molar-refractivity contribution is -0.117. The number of aliphatic hydroxyl groups excluding tert-OH is 1. The Morgan fingerprint density at radius 3 is 2.94 bits per heavy atom. The van der Waals surface area contributed by atoms with Crippen LogP contribution in [0.4, 0.5) is 5.69 Å². The number of halogens is 2. The molecule has 1 aliphatic rings. The normalized spacial score (nSPS) is 20.1. The van der Waals surface area contributed by atoms with Gasteiger partial charge in [-0.25, -0.2) is 0 Å². The van der Waals surface area contributed by atoms with Crippen molar-refractivity contribution in [1.29, 1.82) is 0 Å². The van der Waals surface area contributed by atoms with E-state index in [4.69, 9.17) is 23.2 Å². The van der Waals surface area contributed by atoms with Crippen LogP contribution in [0.15, 0.2) is 18.2 Å². The van der Waals surface area contributed by atoms with E-state index in [9.17, 15) is 9.90 Å². The van der Waals surface area contributed by atoms with E-state index in [0.717, 1.165) is 6.54 Å². The second-order valence-electron chi connectivity index (χ2n) is 4.33. The van der Waals surface area contributed by atoms with Gasteiger partial charge in [0.2, 0.25) is 5.91 Å². The Kier molecular flexibility index (Phi) is 4.45. The van der Waals surface area contributed by atoms with Crippen LogP contribution >= 0.6 is 23.2 Å². The van der Waals surface area contributed by atoms with Crippen LogP contribution in [0.3, 0.4) is 0 Å². The lowest BCUT2D eigenvalue weighted by atomic mass is 10.3. The highest BCUT2D eigenvalue weighted by Gasteiger charge is 2.22. The van der Waals surface area contributed by atoms with E-state index in [1.54, 1.807) is 18.2 Å². The summed E-state index contributed by atoms with van der Waals surface area (Å²) in [5, 5.41) is 12.8. The van der Waals surface area contributed by atoms with Gasteiger partial charge in [0.25, 0.3) is 0 Å². The molecule has 2 rings (SSSR count). The zero-order valence-corrected chi connectivity index (χ0v) is 11.2. The zero-order chi connectivity index (χ0) is 13.1. The summed E-state index contributed by atoms with van der Waals surface area (Å²) in [6.45, 7) is 1.52. The quantitative estimate of drug-likeness (QED) is 0.895. The maximum Gasteiger partial charge on any atom is 0.238 e. The Morgan fingerprint density at radius 2 is 2.28 bits per heavy atom. The van der Waals surface area contributed by atoms with E-state index in [1.165, 1.54) is 0 Å². The Balaban J connectivity index is 1.93. The van der Waals surface area contributed by atoms with Gasteiger partial charge < -0.3 is 10.4 Å². The second kappa shape index (κ2) is 5.89. The number of nitrogens with zero attached hydrogens (tertiary/aromatic N) is 1. The Labute approximate surface area is 115 Å². The van der Waals surface area contributed by atoms with Crippen molar-refractivity contribution in [3.05, 3.63) is 28.2 Å². The summed E-state index contributed by atoms with van der Waals surface area (Å²) in [4.78, 5) is 13.7. The molecule has 0 spiro atoms. The fourth-order valence-corrected chi connectivity index (χ4v) is 2.30. The lowest BCUT2D eigenvalue weighted by Gasteiger charge is -2.15. The van der Waals surface area contributed by atoms with E-state index in [-0.39, 0.29) is 18.6 Å². The molecule has 4 nitrogen and oxygen atoms in total. The van der Waals surface area contributed by atoms with Crippen LogP contribution in [0, 0.1) is 0 Å². The van der Waals surface area contributed by atoms with Crippen LogP contribution < -0.4 is 5.32 Å². The molecule has 0 aromatic heterocycles. The van der Waals surface area contributed by atoms with Crippen LogP contribution in [0.5, 0.6) is 0 Å². The molecule has 1 aliphatic heterocycles. The van der Waals surface area contributed by atoms with Crippen molar-refractivity contribution >= 4 is 34.8 Å². The van der Waals surface area contributed by atoms with Gasteiger partial charge in [0.1, 0.15) is 0 Å². The smallest absolute Gasteiger partial charge is 0.238 e. The van der Waals surface area contributed by atoms with Gasteiger partial charge in [0.05, 0.1) is 28.4 Å². The monoisotopic (exact) mass is 288 g/mol. The van der Waals surface area contributed by atoms with Gasteiger partial charge in [0.15, 0.2) is 0 Å². The number of β-amino-alcohol motifs (C(OH)–C–C–N with tert-alkyl or cyclic N) is 1. The van der Waals surface area contributed by atoms with Crippen LogP contribution in [0.25, 0.3) is 0 Å². The van der Waals surface area contributed by atoms with Gasteiger partial charge in [0, 0.05) is 13.1 Å². The molecule has 2 N–H and O–H groups in total. The molecular weight excluding hydrogens is 275 g/mol. The predicted octanol–water partition coefficient (Wildman–Crippen LogP) is 2.00. The van der Waals surface area contributed by atoms with E-state index in [1.807, 2.05) is 4.90 Å². The number of nitrogens with one attached hydrogen (secondary N) is 1. The maximum atomic E-state index is 11.8. The third-order valence-electron chi connectivity index (χ3n) is 2.84. The molecule has 1 fully saturated rings. The van der Waals surface area contributed by atoms with Crippen molar-refractivity contribution in [2.75, 3.05) is 25.0 Å². The van der Waals surface area contributed by atoms with Crippen molar-refractivity contribution in [2.24, 2.45) is 0 Å². The van der Waals surface area contributed by atoms with Gasteiger partial charge in [-0.3, -0.25) is 9.69 Å². The molecule has 18 heavy (non-hydrogen) atoms. The zero-order valence-electron chi connectivity index (χ0n) is 9.70. The summed E-state index contributed by atoms with van der Waals surface area (Å²) in [7, 11) is 0. The molecule has 1 amide bonds. The van der Waals surface area contributed by atoms with E-state index >= 15 is 0 Å². The van der Waals surface area contributed by atoms with E-state index in [0.29, 0.717) is 28.7 Å². The van der Waals surface area contributed by atoms with Gasteiger partial charge in [-0.05, 0) is 18.6 Å². The molecular formula is C12H14Cl2N2O2. The number of rotatable bonds is 3. The number of anilines is 1. The van der Waals surface area contributed by atoms with Gasteiger partial charge in [-0.2, -0.15) is 0 Å². The molecule has 0 saturated carbocycles. The standard InChI is InChI=1S/C12H14Cl2N2O2/c13-9-2-1-3-10(12(9)14)15-11(18)7-16-5-4-8(17)6-16/h1-3,8,17H,4-7H2,(H,15,18)/t8-/m1/s1. The highest BCUT2D eigenvalue weighted by atomic mass is 35.5. The first-order chi connectivity index (χ1) is 8.56. The fraction of sp³-hybridized carbons (Fsp3) is 0.417. The highest BCUT2D eigenvalue weighted by molar-refractivity contribution is 6.43. The minimum absolute atomic E-state index is 0.159. The number of hydrogen-bond acceptors (Lipinski definition) is 3. The molecule has 0 unspecified atom stereocenters. The second-order valence-corrected chi connectivity index (χ2v) is 5.11. The summed E-state index contributed by atoms with van der Waals surface area (Å²) >= 11 is 11.8. The van der Waals surface area contributed by atoms with E-state index < -0.39 is 0 Å². The van der Waals surface area contributed by atoms with Crippen molar-refractivity contribution in [3.8, 4) is 0 Å². The third-order valence-corrected chi connectivity index (χ3v) is 3.66. The molecule has 1 aromatic carbocycles. The first-order valence-corrected chi connectivity index (χ1v) is 6.46. The fourth-order valence-electron chi connectivity index (χ4n) is 1.95. The van der Waals surface area contributed by atoms with Crippen LogP contribution in [0.1, 0.15) is 6.42 Å². The average Bonchev–Trinajstić information content (AvgIpc) is 2.70. The number of likely N-dealkylation sites (tertiary alicyclic amines) is 1. The first-order valence-electron chi connectivity index (χ1n) is 5.70. The summed E-state index contributed by atoms with van der Waals surface area (Å²) in [5.41, 5.74) is 0.508. The lowest BCUT2D eigenvalue weighted by Crippen LogP contribution is -2.32. The largest absolute Gasteiger partial charge is 0.392 e. The Hall–Kier alpha value is -0.810. The molecule has 98 valence electrons. The first kappa shape index (κ1) is 13.6. The SMILES string of the molecule is O=C(CN1CC[C@@H](O)C1)Nc1cccc(Cl)c1Cl. The van der Waals surface area contributed by atoms with Crippen molar-refractivity contribution in [3.63, 3.8) is 0 Å². The van der Waals surface area contributed by atoms with Crippen LogP contribution in [-0.4, -0.2) is 41.7 Å². The number of aliphatic hydroxyl groups is 1. The number of hydrogen-bond donors (Lipinski definition) is 2. The van der Waals surface area contributed by atoms with Crippen LogP contribution in [0.2, 0.25) is 10.0 Å². The minimum atomic E-state index is -0.326. The molecule has 1 saturated heterocycles. The maximum absolute atomic E-state index is 11.8. The number of carbonyl (C=O) groups excluding carboxylic acids is 1. The van der Waals surface area contributed by atoms with Crippen LogP contribution in [-0.2, 0) is 4.79 Å². The minimum Gasteiger partial charge on any atom is -0.392 e. The number of benzene rings is 1. The average molecular weight is 289 g/mol. The third kappa shape index (κ3) is 3.36. The van der Waals surface area contributed by atoms with E-state index in [2.05, 4.69) is 5.32 Å². The molecule has 0 bridgehead atoms. The van der Waals surface area contributed by atoms with Crippen molar-refractivity contribution in [2.45, 2.75) is 12.5 Å². The molecule has 0 radical (unpaired) electrons. The topological polar surface area (TPSA) is 52.6 Å². The van der Waals surface area contributed by atoms with Crippen molar-refractivity contribution < 1.29 is 9.90 Å². The summed E-state index contributed by atoms with van der Waals surface area (Å²) in [6, 6.07) is 5.09. The van der Waals surface area contributed by atoms with Gasteiger partial charge >= 0.3 is 0 Å². The summed E-state index contributed by atoms with van der Waals surface area (Å²) in [6.07, 6.45) is 0.387. The predicted molar refractivity (Wildman–Crippen MR) is 72.2 cm³/mol. The molecule has 1 aromatic rings. The van der Waals surface area contributed by atoms with Gasteiger partial charge in [-0.1, -0.05) is 29.3 Å². The molecule has 1 heterocycles. The number of carbonyl (C=O) groups is 1. The number of amides is 1. The Bertz CT molecular complexity index is 454. The van der Waals surface area contributed by atoms with Crippen molar-refractivity contribution in [1.82, 2.24) is 4.90 Å². The molecule has 1 atom stereocenters.